The monoisotopic (exact) mass is 339 g/mol. The van der Waals surface area contributed by atoms with Crippen LogP contribution in [0.5, 0.6) is 0 Å². The van der Waals surface area contributed by atoms with Crippen LogP contribution in [-0.4, -0.2) is 6.54 Å². The summed E-state index contributed by atoms with van der Waals surface area (Å²) in [4.78, 5) is 1.09. The van der Waals surface area contributed by atoms with E-state index in [-0.39, 0.29) is 6.04 Å². The molecule has 0 fully saturated rings. The molecule has 2 heterocycles. The number of hydrogen-bond acceptors (Lipinski definition) is 3. The molecule has 0 radical (unpaired) electrons. The third kappa shape index (κ3) is 2.87. The van der Waals surface area contributed by atoms with Gasteiger partial charge in [0.25, 0.3) is 0 Å². The minimum absolute atomic E-state index is 0.0115. The third-order valence-corrected chi connectivity index (χ3v) is 5.89. The van der Waals surface area contributed by atoms with Crippen molar-refractivity contribution in [2.75, 3.05) is 6.54 Å². The van der Waals surface area contributed by atoms with E-state index in [4.69, 9.17) is 34.8 Å². The molecule has 0 aliphatic carbocycles. The van der Waals surface area contributed by atoms with Gasteiger partial charge in [-0.25, -0.2) is 0 Å². The Labute approximate surface area is 130 Å². The van der Waals surface area contributed by atoms with Crippen LogP contribution in [0.25, 0.3) is 0 Å². The first-order chi connectivity index (χ1) is 8.54. The van der Waals surface area contributed by atoms with E-state index in [0.717, 1.165) is 27.6 Å². The number of hydrogen-bond donors (Lipinski definition) is 1. The summed E-state index contributed by atoms with van der Waals surface area (Å²) in [5.41, 5.74) is 2.09. The predicted molar refractivity (Wildman–Crippen MR) is 83.9 cm³/mol. The first-order valence-electron chi connectivity index (χ1n) is 5.46. The van der Waals surface area contributed by atoms with Crippen LogP contribution in [-0.2, 0) is 0 Å². The molecular formula is C12H12Cl3NS2. The molecular weight excluding hydrogens is 329 g/mol. The van der Waals surface area contributed by atoms with E-state index in [9.17, 15) is 0 Å². The Morgan fingerprint density at radius 1 is 1.33 bits per heavy atom. The van der Waals surface area contributed by atoms with Gasteiger partial charge in [0.05, 0.1) is 19.7 Å². The quantitative estimate of drug-likeness (QED) is 0.744. The van der Waals surface area contributed by atoms with E-state index in [2.05, 4.69) is 17.6 Å². The number of aryl methyl sites for hydroxylation is 1. The second-order valence-electron chi connectivity index (χ2n) is 3.87. The summed E-state index contributed by atoms with van der Waals surface area (Å²) in [6, 6.07) is 1.92. The highest BCUT2D eigenvalue weighted by molar-refractivity contribution is 7.20. The highest BCUT2D eigenvalue weighted by Crippen LogP contribution is 2.42. The molecule has 0 saturated heterocycles. The van der Waals surface area contributed by atoms with Gasteiger partial charge in [0.1, 0.15) is 0 Å². The molecule has 1 atom stereocenters. The third-order valence-electron chi connectivity index (χ3n) is 2.59. The highest BCUT2D eigenvalue weighted by atomic mass is 35.5. The zero-order valence-corrected chi connectivity index (χ0v) is 13.8. The maximum Gasteiger partial charge on any atom is 0.0995 e. The van der Waals surface area contributed by atoms with Crippen LogP contribution in [0, 0.1) is 6.92 Å². The molecule has 2 aromatic heterocycles. The standard InChI is InChI=1S/C12H12Cl3NS2/c1-3-16-10(7-4-8(13)18-12(7)15)11-9(14)6(2)5-17-11/h4-5,10,16H,3H2,1-2H3. The summed E-state index contributed by atoms with van der Waals surface area (Å²) in [6.45, 7) is 4.90. The van der Waals surface area contributed by atoms with Crippen LogP contribution in [0.4, 0.5) is 0 Å². The Bertz CT molecular complexity index is 546. The smallest absolute Gasteiger partial charge is 0.0995 e. The van der Waals surface area contributed by atoms with E-state index in [1.165, 1.54) is 11.3 Å². The van der Waals surface area contributed by atoms with Crippen molar-refractivity contribution < 1.29 is 0 Å². The van der Waals surface area contributed by atoms with Crippen molar-refractivity contribution >= 4 is 57.5 Å². The van der Waals surface area contributed by atoms with Crippen LogP contribution in [0.3, 0.4) is 0 Å². The van der Waals surface area contributed by atoms with Crippen molar-refractivity contribution in [1.82, 2.24) is 5.32 Å². The second kappa shape index (κ2) is 6.12. The van der Waals surface area contributed by atoms with Crippen molar-refractivity contribution in [1.29, 1.82) is 0 Å². The lowest BCUT2D eigenvalue weighted by atomic mass is 10.1. The van der Waals surface area contributed by atoms with Crippen LogP contribution in [0.2, 0.25) is 13.7 Å². The van der Waals surface area contributed by atoms with E-state index in [0.29, 0.717) is 8.67 Å². The van der Waals surface area contributed by atoms with Gasteiger partial charge in [0.2, 0.25) is 0 Å². The molecule has 0 saturated carbocycles. The summed E-state index contributed by atoms with van der Waals surface area (Å²) in [7, 11) is 0. The first-order valence-corrected chi connectivity index (χ1v) is 8.29. The predicted octanol–water partition coefficient (Wildman–Crippen LogP) is 5.78. The molecule has 0 bridgehead atoms. The van der Waals surface area contributed by atoms with Crippen molar-refractivity contribution in [3.8, 4) is 0 Å². The summed E-state index contributed by atoms with van der Waals surface area (Å²) in [6.07, 6.45) is 0. The summed E-state index contributed by atoms with van der Waals surface area (Å²) in [5, 5.41) is 6.28. The molecule has 0 amide bonds. The average molecular weight is 341 g/mol. The number of nitrogens with one attached hydrogen (secondary N) is 1. The lowest BCUT2D eigenvalue weighted by molar-refractivity contribution is 0.641. The maximum absolute atomic E-state index is 6.35. The van der Waals surface area contributed by atoms with Crippen LogP contribution in [0.1, 0.15) is 29.0 Å². The zero-order valence-electron chi connectivity index (χ0n) is 9.89. The Morgan fingerprint density at radius 2 is 2.06 bits per heavy atom. The molecule has 1 unspecified atom stereocenters. The van der Waals surface area contributed by atoms with Gasteiger partial charge in [-0.2, -0.15) is 0 Å². The molecule has 98 valence electrons. The van der Waals surface area contributed by atoms with Gasteiger partial charge in [-0.05, 0) is 30.5 Å². The number of rotatable bonds is 4. The minimum Gasteiger partial charge on any atom is -0.306 e. The molecule has 0 aliphatic rings. The second-order valence-corrected chi connectivity index (χ2v) is 7.44. The average Bonchev–Trinajstić information content (AvgIpc) is 2.81. The SMILES string of the molecule is CCNC(c1cc(Cl)sc1Cl)c1scc(C)c1Cl. The Balaban J connectivity index is 2.46. The molecule has 1 N–H and O–H groups in total. The van der Waals surface area contributed by atoms with Crippen LogP contribution in [0.15, 0.2) is 11.4 Å². The molecule has 6 heteroatoms. The first kappa shape index (κ1) is 14.6. The topological polar surface area (TPSA) is 12.0 Å². The van der Waals surface area contributed by atoms with Crippen LogP contribution < -0.4 is 5.32 Å². The number of halogens is 3. The van der Waals surface area contributed by atoms with Gasteiger partial charge >= 0.3 is 0 Å². The molecule has 2 aromatic rings. The fourth-order valence-corrected chi connectivity index (χ4v) is 4.67. The summed E-state index contributed by atoms with van der Waals surface area (Å²) >= 11 is 21.6. The summed E-state index contributed by atoms with van der Waals surface area (Å²) in [5.74, 6) is 0. The Morgan fingerprint density at radius 3 is 2.50 bits per heavy atom. The van der Waals surface area contributed by atoms with E-state index in [1.807, 2.05) is 13.0 Å². The normalized spacial score (nSPS) is 12.9. The lowest BCUT2D eigenvalue weighted by Crippen LogP contribution is -2.21. The van der Waals surface area contributed by atoms with Crippen molar-refractivity contribution in [3.05, 3.63) is 41.1 Å². The van der Waals surface area contributed by atoms with E-state index < -0.39 is 0 Å². The summed E-state index contributed by atoms with van der Waals surface area (Å²) < 4.78 is 1.41. The molecule has 0 aromatic carbocycles. The Kier molecular flexibility index (Phi) is 4.98. The van der Waals surface area contributed by atoms with E-state index >= 15 is 0 Å². The largest absolute Gasteiger partial charge is 0.306 e. The molecule has 1 nitrogen and oxygen atoms in total. The minimum atomic E-state index is 0.0115. The van der Waals surface area contributed by atoms with Crippen molar-refractivity contribution in [2.45, 2.75) is 19.9 Å². The fourth-order valence-electron chi connectivity index (χ4n) is 1.74. The maximum atomic E-state index is 6.35. The van der Waals surface area contributed by atoms with Gasteiger partial charge in [0.15, 0.2) is 0 Å². The van der Waals surface area contributed by atoms with Gasteiger partial charge in [-0.3, -0.25) is 0 Å². The number of thiophene rings is 2. The molecule has 0 aliphatic heterocycles. The van der Waals surface area contributed by atoms with Gasteiger partial charge in [-0.1, -0.05) is 41.7 Å². The molecule has 18 heavy (non-hydrogen) atoms. The fraction of sp³-hybridized carbons (Fsp3) is 0.333. The lowest BCUT2D eigenvalue weighted by Gasteiger charge is -2.16. The van der Waals surface area contributed by atoms with Crippen LogP contribution >= 0.6 is 57.5 Å². The van der Waals surface area contributed by atoms with Gasteiger partial charge < -0.3 is 5.32 Å². The molecule has 2 rings (SSSR count). The van der Waals surface area contributed by atoms with Crippen molar-refractivity contribution in [2.24, 2.45) is 0 Å². The molecule has 0 spiro atoms. The van der Waals surface area contributed by atoms with Gasteiger partial charge in [-0.15, -0.1) is 22.7 Å². The van der Waals surface area contributed by atoms with E-state index in [1.54, 1.807) is 11.3 Å². The highest BCUT2D eigenvalue weighted by Gasteiger charge is 2.23. The zero-order chi connectivity index (χ0) is 13.3. The van der Waals surface area contributed by atoms with Gasteiger partial charge in [0, 0.05) is 10.4 Å². The van der Waals surface area contributed by atoms with Crippen molar-refractivity contribution in [3.63, 3.8) is 0 Å². The Hall–Kier alpha value is 0.230.